The molecule has 5 nitrogen and oxygen atoms in total. The van der Waals surface area contributed by atoms with Gasteiger partial charge in [-0.05, 0) is 23.8 Å². The van der Waals surface area contributed by atoms with E-state index in [-0.39, 0.29) is 43.4 Å². The molecule has 2 aromatic rings. The summed E-state index contributed by atoms with van der Waals surface area (Å²) in [5.74, 6) is 1.14. The second kappa shape index (κ2) is 9.75. The van der Waals surface area contributed by atoms with Gasteiger partial charge in [-0.3, -0.25) is 4.90 Å². The third kappa shape index (κ3) is 5.39. The van der Waals surface area contributed by atoms with Gasteiger partial charge in [-0.15, -0.1) is 38.0 Å². The van der Waals surface area contributed by atoms with E-state index in [2.05, 4.69) is 15.0 Å². The third-order valence-electron chi connectivity index (χ3n) is 4.67. The summed E-state index contributed by atoms with van der Waals surface area (Å²) in [6, 6.07) is 11.6. The van der Waals surface area contributed by atoms with Gasteiger partial charge in [0.25, 0.3) is 0 Å². The number of ether oxygens (including phenoxy) is 3. The van der Waals surface area contributed by atoms with Gasteiger partial charge in [-0.25, -0.2) is 0 Å². The van der Waals surface area contributed by atoms with Crippen molar-refractivity contribution < 1.29 is 27.4 Å². The summed E-state index contributed by atoms with van der Waals surface area (Å²) in [6.07, 6.45) is -4.70. The summed E-state index contributed by atoms with van der Waals surface area (Å²) in [7, 11) is 0. The minimum Gasteiger partial charge on any atom is -0.454 e. The number of fused-ring (bicyclic) bond motifs is 1. The van der Waals surface area contributed by atoms with Crippen molar-refractivity contribution in [2.45, 2.75) is 12.4 Å². The van der Waals surface area contributed by atoms with Crippen LogP contribution in [0, 0.1) is 0 Å². The number of nitrogens with one attached hydrogen (secondary N) is 1. The van der Waals surface area contributed by atoms with E-state index in [1.807, 2.05) is 18.2 Å². The van der Waals surface area contributed by atoms with Crippen LogP contribution >= 0.6 is 24.8 Å². The summed E-state index contributed by atoms with van der Waals surface area (Å²) in [5, 5.41) is 3.32. The van der Waals surface area contributed by atoms with Crippen LogP contribution in [0.1, 0.15) is 17.2 Å². The molecule has 1 saturated heterocycles. The van der Waals surface area contributed by atoms with Gasteiger partial charge >= 0.3 is 6.36 Å². The Morgan fingerprint density at radius 3 is 2.31 bits per heavy atom. The Labute approximate surface area is 178 Å². The first-order chi connectivity index (χ1) is 13.0. The van der Waals surface area contributed by atoms with Gasteiger partial charge in [-0.1, -0.05) is 24.3 Å². The molecule has 2 heterocycles. The van der Waals surface area contributed by atoms with E-state index in [1.165, 1.54) is 12.1 Å². The molecule has 4 rings (SSSR count). The Hall–Kier alpha value is -1.87. The Balaban J connectivity index is 0.00000150. The standard InChI is InChI=1S/C19H19F3N2O3.2ClH/c20-19(21,22)27-14-6-4-13(5-7-14)17(24-10-8-23-9-11-24)15-2-1-3-16-18(15)26-12-25-16;;/h1-7,17,23H,8-12H2;2*1H/t17-;;/m0../s1. The highest BCUT2D eigenvalue weighted by atomic mass is 35.5. The first kappa shape index (κ1) is 23.4. The van der Waals surface area contributed by atoms with Crippen LogP contribution in [0.15, 0.2) is 42.5 Å². The molecule has 2 aromatic carbocycles. The van der Waals surface area contributed by atoms with Crippen molar-refractivity contribution in [3.63, 3.8) is 0 Å². The van der Waals surface area contributed by atoms with Gasteiger partial charge in [0.05, 0.1) is 6.04 Å². The lowest BCUT2D eigenvalue weighted by Crippen LogP contribution is -2.45. The summed E-state index contributed by atoms with van der Waals surface area (Å²) in [5.41, 5.74) is 1.81. The maximum Gasteiger partial charge on any atom is 0.573 e. The molecule has 0 unspecified atom stereocenters. The van der Waals surface area contributed by atoms with E-state index < -0.39 is 6.36 Å². The van der Waals surface area contributed by atoms with E-state index in [0.717, 1.165) is 37.3 Å². The van der Waals surface area contributed by atoms with Gasteiger partial charge < -0.3 is 19.5 Å². The van der Waals surface area contributed by atoms with E-state index in [0.29, 0.717) is 11.5 Å². The second-order valence-electron chi connectivity index (χ2n) is 6.39. The SMILES string of the molecule is Cl.Cl.FC(F)(F)Oc1ccc([C@@H](c2cccc3c2OCO3)N2CCNCC2)cc1. The number of piperazine rings is 1. The van der Waals surface area contributed by atoms with Crippen LogP contribution in [0.4, 0.5) is 13.2 Å². The quantitative estimate of drug-likeness (QED) is 0.754. The molecule has 0 radical (unpaired) electrons. The molecule has 2 aliphatic rings. The number of halogens is 5. The van der Waals surface area contributed by atoms with Crippen LogP contribution < -0.4 is 19.5 Å². The Morgan fingerprint density at radius 1 is 0.966 bits per heavy atom. The highest BCUT2D eigenvalue weighted by Gasteiger charge is 2.32. The number of benzene rings is 2. The number of rotatable bonds is 4. The Bertz CT molecular complexity index is 800. The van der Waals surface area contributed by atoms with Crippen LogP contribution in [-0.2, 0) is 0 Å². The van der Waals surface area contributed by atoms with Crippen molar-refractivity contribution in [3.8, 4) is 17.2 Å². The minimum absolute atomic E-state index is 0. The fraction of sp³-hybridized carbons (Fsp3) is 0.368. The van der Waals surface area contributed by atoms with Gasteiger partial charge in [0.15, 0.2) is 11.5 Å². The fourth-order valence-corrected chi connectivity index (χ4v) is 3.55. The first-order valence-electron chi connectivity index (χ1n) is 8.70. The highest BCUT2D eigenvalue weighted by molar-refractivity contribution is 5.85. The van der Waals surface area contributed by atoms with E-state index in [4.69, 9.17) is 9.47 Å². The number of nitrogens with zero attached hydrogens (tertiary/aromatic N) is 1. The average Bonchev–Trinajstić information content (AvgIpc) is 3.13. The maximum absolute atomic E-state index is 12.4. The first-order valence-corrected chi connectivity index (χ1v) is 8.70. The molecule has 0 aliphatic carbocycles. The third-order valence-corrected chi connectivity index (χ3v) is 4.67. The second-order valence-corrected chi connectivity index (χ2v) is 6.39. The normalized spacial score (nSPS) is 17.1. The largest absolute Gasteiger partial charge is 0.573 e. The molecule has 0 spiro atoms. The zero-order valence-electron chi connectivity index (χ0n) is 15.3. The molecular formula is C19H21Cl2F3N2O3. The summed E-state index contributed by atoms with van der Waals surface area (Å²) in [6.45, 7) is 3.49. The van der Waals surface area contributed by atoms with E-state index >= 15 is 0 Å². The van der Waals surface area contributed by atoms with Gasteiger partial charge in [0.2, 0.25) is 6.79 Å². The number of alkyl halides is 3. The molecular weight excluding hydrogens is 432 g/mol. The van der Waals surface area contributed by atoms with Crippen LogP contribution in [0.2, 0.25) is 0 Å². The maximum atomic E-state index is 12.4. The van der Waals surface area contributed by atoms with E-state index in [9.17, 15) is 13.2 Å². The smallest absolute Gasteiger partial charge is 0.454 e. The number of hydrogen-bond acceptors (Lipinski definition) is 5. The molecule has 0 aromatic heterocycles. The summed E-state index contributed by atoms with van der Waals surface area (Å²) >= 11 is 0. The molecule has 0 bridgehead atoms. The predicted octanol–water partition coefficient (Wildman–Crippen LogP) is 4.15. The molecule has 1 N–H and O–H groups in total. The zero-order valence-corrected chi connectivity index (χ0v) is 16.9. The average molecular weight is 453 g/mol. The minimum atomic E-state index is -4.70. The Morgan fingerprint density at radius 2 is 1.66 bits per heavy atom. The molecule has 1 fully saturated rings. The van der Waals surface area contributed by atoms with Gasteiger partial charge in [-0.2, -0.15) is 0 Å². The van der Waals surface area contributed by atoms with Crippen molar-refractivity contribution >= 4 is 24.8 Å². The molecule has 160 valence electrons. The molecule has 1 atom stereocenters. The topological polar surface area (TPSA) is 43.0 Å². The van der Waals surface area contributed by atoms with Crippen molar-refractivity contribution in [2.24, 2.45) is 0 Å². The van der Waals surface area contributed by atoms with Crippen LogP contribution in [0.5, 0.6) is 17.2 Å². The summed E-state index contributed by atoms with van der Waals surface area (Å²) < 4.78 is 52.5. The lowest BCUT2D eigenvalue weighted by Gasteiger charge is -2.36. The number of para-hydroxylation sites is 1. The molecule has 2 aliphatic heterocycles. The van der Waals surface area contributed by atoms with Gasteiger partial charge in [0, 0.05) is 31.7 Å². The lowest BCUT2D eigenvalue weighted by molar-refractivity contribution is -0.274. The number of hydrogen-bond donors (Lipinski definition) is 1. The van der Waals surface area contributed by atoms with Gasteiger partial charge in [0.1, 0.15) is 5.75 Å². The van der Waals surface area contributed by atoms with Crippen LogP contribution in [0.3, 0.4) is 0 Å². The fourth-order valence-electron chi connectivity index (χ4n) is 3.55. The monoisotopic (exact) mass is 452 g/mol. The molecule has 10 heteroatoms. The van der Waals surface area contributed by atoms with Crippen LogP contribution in [-0.4, -0.2) is 44.2 Å². The Kier molecular flexibility index (Phi) is 7.87. The zero-order chi connectivity index (χ0) is 18.9. The molecule has 0 amide bonds. The van der Waals surface area contributed by atoms with Crippen molar-refractivity contribution in [1.29, 1.82) is 0 Å². The summed E-state index contributed by atoms with van der Waals surface area (Å²) in [4.78, 5) is 2.29. The lowest BCUT2D eigenvalue weighted by atomic mass is 9.95. The predicted molar refractivity (Wildman–Crippen MR) is 106 cm³/mol. The molecule has 29 heavy (non-hydrogen) atoms. The van der Waals surface area contributed by atoms with Crippen molar-refractivity contribution in [1.82, 2.24) is 10.2 Å². The van der Waals surface area contributed by atoms with Crippen LogP contribution in [0.25, 0.3) is 0 Å². The van der Waals surface area contributed by atoms with Crippen molar-refractivity contribution in [2.75, 3.05) is 33.0 Å². The molecule has 0 saturated carbocycles. The van der Waals surface area contributed by atoms with Crippen molar-refractivity contribution in [3.05, 3.63) is 53.6 Å². The highest BCUT2D eigenvalue weighted by Crippen LogP contribution is 2.43. The van der Waals surface area contributed by atoms with E-state index in [1.54, 1.807) is 12.1 Å².